The van der Waals surface area contributed by atoms with Crippen LogP contribution in [0.3, 0.4) is 0 Å². The van der Waals surface area contributed by atoms with E-state index in [1.807, 2.05) is 0 Å². The van der Waals surface area contributed by atoms with Crippen molar-refractivity contribution in [2.24, 2.45) is 0 Å². The van der Waals surface area contributed by atoms with E-state index in [1.165, 1.54) is 19.1 Å². The molecule has 0 bridgehead atoms. The van der Waals surface area contributed by atoms with Gasteiger partial charge in [0.1, 0.15) is 18.0 Å². The van der Waals surface area contributed by atoms with Crippen LogP contribution in [0.25, 0.3) is 0 Å². The summed E-state index contributed by atoms with van der Waals surface area (Å²) in [4.78, 5) is 38.1. The number of nitro groups is 1. The normalized spacial score (nSPS) is 23.3. The molecule has 1 fully saturated rings. The van der Waals surface area contributed by atoms with E-state index in [-0.39, 0.29) is 10.8 Å². The molecule has 3 N–H and O–H groups in total. The van der Waals surface area contributed by atoms with Crippen molar-refractivity contribution in [1.82, 2.24) is 9.55 Å². The Hall–Kier alpha value is -3.01. The highest BCUT2D eigenvalue weighted by Gasteiger charge is 2.59. The first-order valence-electron chi connectivity index (χ1n) is 8.67. The molecule has 15 heteroatoms. The maximum Gasteiger partial charge on any atom is 0.413 e. The number of halogens is 2. The Morgan fingerprint density at radius 2 is 2.23 bits per heavy atom. The van der Waals surface area contributed by atoms with Gasteiger partial charge in [-0.15, -0.1) is 0 Å². The Kier molecular flexibility index (Phi) is 6.30. The minimum absolute atomic E-state index is 0.129. The number of aliphatic hydroxyl groups is 2. The maximum atomic E-state index is 14.2. The number of rotatable bonds is 6. The lowest BCUT2D eigenvalue weighted by Crippen LogP contribution is -2.41. The summed E-state index contributed by atoms with van der Waals surface area (Å²) in [6.45, 7) is 0.593. The summed E-state index contributed by atoms with van der Waals surface area (Å²) in [5.74, 6) is -4.18. The van der Waals surface area contributed by atoms with Gasteiger partial charge in [0, 0.05) is 12.3 Å². The van der Waals surface area contributed by atoms with Crippen LogP contribution in [-0.2, 0) is 9.47 Å². The number of hydrogen-bond acceptors (Lipinski definition) is 10. The first kappa shape index (κ1) is 22.7. The quantitative estimate of drug-likeness (QED) is 0.425. The highest BCUT2D eigenvalue weighted by Crippen LogP contribution is 2.42. The fourth-order valence-electron chi connectivity index (χ4n) is 2.79. The molecular weight excluding hydrogens is 446 g/mol. The summed E-state index contributed by atoms with van der Waals surface area (Å²) in [5, 5.41) is 31.3. The Balaban J connectivity index is 1.68. The van der Waals surface area contributed by atoms with Gasteiger partial charge >= 0.3 is 22.7 Å². The summed E-state index contributed by atoms with van der Waals surface area (Å²) in [6, 6.07) is 3.72. The van der Waals surface area contributed by atoms with Crippen molar-refractivity contribution in [2.45, 2.75) is 37.4 Å². The lowest BCUT2D eigenvalue weighted by Gasteiger charge is -2.21. The summed E-state index contributed by atoms with van der Waals surface area (Å²) in [5.41, 5.74) is -1.21. The van der Waals surface area contributed by atoms with Crippen LogP contribution in [0.2, 0.25) is 0 Å². The standard InChI is InChI=1S/C16H16F2N4O8S/c1-7(9-2-3-11(31-9)22(27)28)29-15(26)20-10-4-5-21(14(25)19-10)13-16(17,18)12(24)8(6-23)30-13/h2-5,7-8,12-13,23-24H,6H2,1H3,(H,19,20,25,26)/t7?,8-,12-,13-/m1/s1. The predicted octanol–water partition coefficient (Wildman–Crippen LogP) is 1.41. The number of hydrogen-bond donors (Lipinski definition) is 3. The second-order valence-electron chi connectivity index (χ2n) is 6.44. The number of carbonyl (C=O) groups is 1. The number of thiophene rings is 1. The van der Waals surface area contributed by atoms with Gasteiger partial charge in [-0.25, -0.2) is 9.59 Å². The summed E-state index contributed by atoms with van der Waals surface area (Å²) in [7, 11) is 0. The van der Waals surface area contributed by atoms with Gasteiger partial charge in [-0.05, 0) is 19.1 Å². The predicted molar refractivity (Wildman–Crippen MR) is 99.9 cm³/mol. The van der Waals surface area contributed by atoms with Gasteiger partial charge < -0.3 is 19.7 Å². The number of nitrogens with zero attached hydrogens (tertiary/aromatic N) is 3. The van der Waals surface area contributed by atoms with Crippen LogP contribution < -0.4 is 11.0 Å². The highest BCUT2D eigenvalue weighted by atomic mass is 32.1. The van der Waals surface area contributed by atoms with Gasteiger partial charge in [0.05, 0.1) is 16.4 Å². The zero-order valence-corrected chi connectivity index (χ0v) is 16.5. The van der Waals surface area contributed by atoms with Crippen LogP contribution in [0.5, 0.6) is 0 Å². The van der Waals surface area contributed by atoms with Crippen LogP contribution in [0, 0.1) is 10.1 Å². The Labute approximate surface area is 175 Å². The molecule has 12 nitrogen and oxygen atoms in total. The van der Waals surface area contributed by atoms with Gasteiger partial charge in [-0.2, -0.15) is 13.8 Å². The molecule has 168 valence electrons. The smallest absolute Gasteiger partial charge is 0.413 e. The van der Waals surface area contributed by atoms with Crippen LogP contribution in [0.1, 0.15) is 24.1 Å². The number of aromatic nitrogens is 2. The minimum atomic E-state index is -3.87. The monoisotopic (exact) mass is 462 g/mol. The van der Waals surface area contributed by atoms with Crippen molar-refractivity contribution in [3.63, 3.8) is 0 Å². The van der Waals surface area contributed by atoms with Gasteiger partial charge in [0.25, 0.3) is 0 Å². The van der Waals surface area contributed by atoms with Crippen LogP contribution in [0.15, 0.2) is 29.2 Å². The average molecular weight is 462 g/mol. The van der Waals surface area contributed by atoms with Gasteiger partial charge in [-0.3, -0.25) is 20.0 Å². The summed E-state index contributed by atoms with van der Waals surface area (Å²) < 4.78 is 38.7. The van der Waals surface area contributed by atoms with Gasteiger partial charge in [0.2, 0.25) is 6.23 Å². The van der Waals surface area contributed by atoms with E-state index in [9.17, 15) is 33.6 Å². The average Bonchev–Trinajstić information content (AvgIpc) is 3.27. The van der Waals surface area contributed by atoms with E-state index < -0.39 is 53.8 Å². The zero-order valence-electron chi connectivity index (χ0n) is 15.7. The fraction of sp³-hybridized carbons (Fsp3) is 0.438. The molecule has 1 aliphatic heterocycles. The molecule has 3 heterocycles. The van der Waals surface area contributed by atoms with Crippen molar-refractivity contribution in [2.75, 3.05) is 11.9 Å². The Morgan fingerprint density at radius 3 is 2.77 bits per heavy atom. The molecule has 1 saturated heterocycles. The maximum absolute atomic E-state index is 14.2. The second kappa shape index (κ2) is 8.62. The molecule has 2 aromatic heterocycles. The first-order chi connectivity index (χ1) is 14.5. The molecule has 0 spiro atoms. The van der Waals surface area contributed by atoms with E-state index >= 15 is 0 Å². The van der Waals surface area contributed by atoms with E-state index in [2.05, 4.69) is 10.3 Å². The lowest BCUT2D eigenvalue weighted by molar-refractivity contribution is -0.380. The molecule has 0 aliphatic carbocycles. The minimum Gasteiger partial charge on any atom is -0.441 e. The van der Waals surface area contributed by atoms with E-state index in [4.69, 9.17) is 14.6 Å². The first-order valence-corrected chi connectivity index (χ1v) is 9.49. The molecule has 4 atom stereocenters. The molecule has 1 amide bonds. The number of amides is 1. The molecule has 0 saturated carbocycles. The molecule has 1 aliphatic rings. The molecule has 31 heavy (non-hydrogen) atoms. The lowest BCUT2D eigenvalue weighted by atomic mass is 10.1. The molecule has 0 radical (unpaired) electrons. The number of anilines is 1. The van der Waals surface area contributed by atoms with E-state index in [1.54, 1.807) is 0 Å². The number of ether oxygens (including phenoxy) is 2. The Morgan fingerprint density at radius 1 is 1.52 bits per heavy atom. The van der Waals surface area contributed by atoms with Gasteiger partial charge in [0.15, 0.2) is 6.10 Å². The molecule has 3 rings (SSSR count). The molecule has 0 aromatic carbocycles. The third-order valence-corrected chi connectivity index (χ3v) is 5.55. The number of alkyl halides is 2. The van der Waals surface area contributed by atoms with Gasteiger partial charge in [-0.1, -0.05) is 11.3 Å². The second-order valence-corrected chi connectivity index (χ2v) is 7.53. The molecule has 1 unspecified atom stereocenters. The topological polar surface area (TPSA) is 166 Å². The van der Waals surface area contributed by atoms with Crippen molar-refractivity contribution in [1.29, 1.82) is 0 Å². The van der Waals surface area contributed by atoms with Crippen molar-refractivity contribution >= 4 is 28.2 Å². The molecule has 2 aromatic rings. The van der Waals surface area contributed by atoms with Crippen molar-refractivity contribution < 1.29 is 38.2 Å². The summed E-state index contributed by atoms with van der Waals surface area (Å²) in [6.07, 6.45) is -7.11. The molecular formula is C16H16F2N4O8S. The fourth-order valence-corrected chi connectivity index (χ4v) is 3.59. The van der Waals surface area contributed by atoms with E-state index in [0.29, 0.717) is 9.44 Å². The largest absolute Gasteiger partial charge is 0.441 e. The van der Waals surface area contributed by atoms with E-state index in [0.717, 1.165) is 23.6 Å². The summed E-state index contributed by atoms with van der Waals surface area (Å²) >= 11 is 0.822. The SMILES string of the molecule is CC(OC(=O)Nc1ccn([C@@H]2O[C@H](CO)[C@@H](O)C2(F)F)c(=O)n1)c1ccc([N+](=O)[O-])s1. The van der Waals surface area contributed by atoms with Crippen LogP contribution in [-0.4, -0.2) is 55.5 Å². The number of carbonyl (C=O) groups excluding carboxylic acids is 1. The number of aliphatic hydroxyl groups excluding tert-OH is 2. The third kappa shape index (κ3) is 4.53. The number of nitrogens with one attached hydrogen (secondary N) is 1. The van der Waals surface area contributed by atoms with Crippen molar-refractivity contribution in [3.05, 3.63) is 49.9 Å². The van der Waals surface area contributed by atoms with Crippen molar-refractivity contribution in [3.8, 4) is 0 Å². The zero-order chi connectivity index (χ0) is 22.9. The Bertz CT molecular complexity index is 1040. The highest BCUT2D eigenvalue weighted by molar-refractivity contribution is 7.15. The van der Waals surface area contributed by atoms with Crippen LogP contribution in [0.4, 0.5) is 24.4 Å². The van der Waals surface area contributed by atoms with Crippen LogP contribution >= 0.6 is 11.3 Å². The third-order valence-electron chi connectivity index (χ3n) is 4.35.